The number of rotatable bonds is 3. The first-order valence-corrected chi connectivity index (χ1v) is 9.77. The smallest absolute Gasteiger partial charge is 0.323 e. The summed E-state index contributed by atoms with van der Waals surface area (Å²) in [6.45, 7) is 0. The molecule has 2 aromatic carbocycles. The molecule has 0 bridgehead atoms. The van der Waals surface area contributed by atoms with Gasteiger partial charge in [-0.25, -0.2) is 9.97 Å². The zero-order valence-electron chi connectivity index (χ0n) is 15.9. The van der Waals surface area contributed by atoms with Crippen molar-refractivity contribution in [3.8, 4) is 11.4 Å². The maximum absolute atomic E-state index is 13.6. The Labute approximate surface area is 170 Å². The molecule has 4 aromatic rings. The molecule has 0 aliphatic heterocycles. The number of alkyl halides is 3. The normalized spacial score (nSPS) is 14.0. The van der Waals surface area contributed by atoms with Crippen molar-refractivity contribution in [3.63, 3.8) is 0 Å². The van der Waals surface area contributed by atoms with Crippen LogP contribution in [0.1, 0.15) is 29.7 Å². The van der Waals surface area contributed by atoms with Gasteiger partial charge < -0.3 is 5.32 Å². The van der Waals surface area contributed by atoms with Crippen LogP contribution in [-0.2, 0) is 19.0 Å². The van der Waals surface area contributed by atoms with Crippen molar-refractivity contribution in [1.29, 1.82) is 0 Å². The summed E-state index contributed by atoms with van der Waals surface area (Å²) in [5.74, 6) is 1.13. The topological polar surface area (TPSA) is 66.5 Å². The van der Waals surface area contributed by atoms with Crippen LogP contribution in [0.2, 0.25) is 0 Å². The highest BCUT2D eigenvalue weighted by Gasteiger charge is 2.34. The molecular formula is C22H18F3N5. The molecule has 30 heavy (non-hydrogen) atoms. The van der Waals surface area contributed by atoms with Gasteiger partial charge in [0.1, 0.15) is 5.82 Å². The number of nitrogens with one attached hydrogen (secondary N) is 2. The van der Waals surface area contributed by atoms with Crippen molar-refractivity contribution >= 4 is 22.5 Å². The van der Waals surface area contributed by atoms with E-state index in [1.165, 1.54) is 12.1 Å². The quantitative estimate of drug-likeness (QED) is 0.458. The Morgan fingerprint density at radius 3 is 2.50 bits per heavy atom. The maximum Gasteiger partial charge on any atom is 0.417 e. The molecular weight excluding hydrogens is 391 g/mol. The van der Waals surface area contributed by atoms with Crippen LogP contribution in [-0.4, -0.2) is 20.2 Å². The molecule has 5 nitrogen and oxygen atoms in total. The van der Waals surface area contributed by atoms with Crippen molar-refractivity contribution < 1.29 is 13.2 Å². The lowest BCUT2D eigenvalue weighted by Crippen LogP contribution is -2.09. The van der Waals surface area contributed by atoms with Crippen LogP contribution in [0.5, 0.6) is 0 Å². The summed E-state index contributed by atoms with van der Waals surface area (Å²) < 4.78 is 40.7. The zero-order valence-corrected chi connectivity index (χ0v) is 15.9. The molecule has 0 saturated carbocycles. The van der Waals surface area contributed by atoms with E-state index in [9.17, 15) is 13.2 Å². The van der Waals surface area contributed by atoms with Gasteiger partial charge in [-0.05, 0) is 43.9 Å². The predicted octanol–water partition coefficient (Wildman–Crippen LogP) is 5.66. The minimum Gasteiger partial charge on any atom is -0.323 e. The number of benzene rings is 2. The van der Waals surface area contributed by atoms with Gasteiger partial charge in [0.05, 0.1) is 11.1 Å². The molecule has 0 atom stereocenters. The highest BCUT2D eigenvalue weighted by Crippen LogP contribution is 2.37. The number of nitrogens with zero attached hydrogens (tertiary/aromatic N) is 3. The highest BCUT2D eigenvalue weighted by atomic mass is 19.4. The second kappa shape index (κ2) is 7.12. The van der Waals surface area contributed by atoms with Crippen molar-refractivity contribution in [2.24, 2.45) is 0 Å². The number of H-pyrrole nitrogens is 1. The number of anilines is 2. The van der Waals surface area contributed by atoms with Gasteiger partial charge >= 0.3 is 6.18 Å². The lowest BCUT2D eigenvalue weighted by atomic mass is 9.97. The fraction of sp³-hybridized carbons (Fsp3) is 0.227. The summed E-state index contributed by atoms with van der Waals surface area (Å²) in [7, 11) is 0. The molecule has 8 heteroatoms. The van der Waals surface area contributed by atoms with E-state index >= 15 is 0 Å². The standard InChI is InChI=1S/C22H18F3N5/c23-22(24,25)16-10-4-1-7-13(16)19-26-17-11-5-2-8-14(17)20(27-19)28-21-15-9-3-6-12-18(15)29-30-21/h1-2,4-5,7-8,10-11H,3,6,9,12H2,(H2,26,27,28,29,30). The predicted molar refractivity (Wildman–Crippen MR) is 108 cm³/mol. The number of para-hydroxylation sites is 1. The van der Waals surface area contributed by atoms with E-state index in [1.54, 1.807) is 18.2 Å². The molecule has 0 saturated heterocycles. The van der Waals surface area contributed by atoms with Crippen molar-refractivity contribution in [2.75, 3.05) is 5.32 Å². The SMILES string of the molecule is FC(F)(F)c1ccccc1-c1nc(Nc2n[nH]c3c2CCCC3)c2ccccc2n1. The molecule has 1 aliphatic carbocycles. The van der Waals surface area contributed by atoms with Gasteiger partial charge in [-0.3, -0.25) is 5.10 Å². The Morgan fingerprint density at radius 1 is 0.867 bits per heavy atom. The number of halogens is 3. The fourth-order valence-corrected chi connectivity index (χ4v) is 3.91. The summed E-state index contributed by atoms with van der Waals surface area (Å²) in [4.78, 5) is 8.91. The fourth-order valence-electron chi connectivity index (χ4n) is 3.91. The first-order valence-electron chi connectivity index (χ1n) is 9.77. The van der Waals surface area contributed by atoms with Gasteiger partial charge in [-0.15, -0.1) is 0 Å². The molecule has 2 N–H and O–H groups in total. The molecule has 0 radical (unpaired) electrons. The number of aromatic nitrogens is 4. The molecule has 2 heterocycles. The average Bonchev–Trinajstić information content (AvgIpc) is 3.16. The third-order valence-corrected chi connectivity index (χ3v) is 5.37. The van der Waals surface area contributed by atoms with E-state index in [0.717, 1.165) is 48.4 Å². The summed E-state index contributed by atoms with van der Waals surface area (Å²) in [6.07, 6.45) is -0.459. The maximum atomic E-state index is 13.6. The summed E-state index contributed by atoms with van der Waals surface area (Å²) in [5.41, 5.74) is 1.96. The van der Waals surface area contributed by atoms with Crippen molar-refractivity contribution in [2.45, 2.75) is 31.9 Å². The Balaban J connectivity index is 1.66. The van der Waals surface area contributed by atoms with Crippen LogP contribution in [0.25, 0.3) is 22.3 Å². The number of aromatic amines is 1. The summed E-state index contributed by atoms with van der Waals surface area (Å²) >= 11 is 0. The Bertz CT molecular complexity index is 1230. The molecule has 2 aromatic heterocycles. The minimum atomic E-state index is -4.50. The van der Waals surface area contributed by atoms with E-state index in [2.05, 4.69) is 25.5 Å². The Morgan fingerprint density at radius 2 is 1.63 bits per heavy atom. The number of aryl methyl sites for hydroxylation is 1. The largest absolute Gasteiger partial charge is 0.417 e. The second-order valence-corrected chi connectivity index (χ2v) is 7.32. The van der Waals surface area contributed by atoms with Gasteiger partial charge in [0.15, 0.2) is 11.6 Å². The van der Waals surface area contributed by atoms with E-state index in [0.29, 0.717) is 17.2 Å². The van der Waals surface area contributed by atoms with E-state index < -0.39 is 11.7 Å². The third kappa shape index (κ3) is 3.28. The van der Waals surface area contributed by atoms with E-state index in [1.807, 2.05) is 12.1 Å². The number of hydrogen-bond acceptors (Lipinski definition) is 4. The molecule has 0 unspecified atom stereocenters. The third-order valence-electron chi connectivity index (χ3n) is 5.37. The summed E-state index contributed by atoms with van der Waals surface area (Å²) in [6, 6.07) is 12.6. The minimum absolute atomic E-state index is 0.0218. The van der Waals surface area contributed by atoms with Crippen LogP contribution in [0.4, 0.5) is 24.8 Å². The monoisotopic (exact) mass is 409 g/mol. The van der Waals surface area contributed by atoms with E-state index in [4.69, 9.17) is 0 Å². The van der Waals surface area contributed by atoms with Crippen molar-refractivity contribution in [3.05, 3.63) is 65.4 Å². The number of fused-ring (bicyclic) bond motifs is 2. The molecule has 152 valence electrons. The molecule has 0 spiro atoms. The van der Waals surface area contributed by atoms with Gasteiger partial charge in [-0.1, -0.05) is 30.3 Å². The average molecular weight is 409 g/mol. The van der Waals surface area contributed by atoms with Crippen LogP contribution in [0.15, 0.2) is 48.5 Å². The van der Waals surface area contributed by atoms with Gasteiger partial charge in [0.25, 0.3) is 0 Å². The molecule has 5 rings (SSSR count). The number of hydrogen-bond donors (Lipinski definition) is 2. The van der Waals surface area contributed by atoms with Crippen LogP contribution >= 0.6 is 0 Å². The second-order valence-electron chi connectivity index (χ2n) is 7.32. The Kier molecular flexibility index (Phi) is 4.42. The molecule has 0 amide bonds. The zero-order chi connectivity index (χ0) is 20.7. The van der Waals surface area contributed by atoms with Crippen LogP contribution < -0.4 is 5.32 Å². The Hall–Kier alpha value is -3.42. The van der Waals surface area contributed by atoms with Gasteiger partial charge in [-0.2, -0.15) is 18.3 Å². The lowest BCUT2D eigenvalue weighted by Gasteiger charge is -2.15. The van der Waals surface area contributed by atoms with Crippen molar-refractivity contribution in [1.82, 2.24) is 20.2 Å². The highest BCUT2D eigenvalue weighted by molar-refractivity contribution is 5.92. The van der Waals surface area contributed by atoms with Gasteiger partial charge in [0.2, 0.25) is 0 Å². The van der Waals surface area contributed by atoms with Crippen LogP contribution in [0, 0.1) is 0 Å². The van der Waals surface area contributed by atoms with E-state index in [-0.39, 0.29) is 11.4 Å². The molecule has 0 fully saturated rings. The first-order chi connectivity index (χ1) is 14.5. The molecule has 1 aliphatic rings. The summed E-state index contributed by atoms with van der Waals surface area (Å²) in [5, 5.41) is 11.4. The van der Waals surface area contributed by atoms with Gasteiger partial charge in [0, 0.05) is 22.2 Å². The lowest BCUT2D eigenvalue weighted by molar-refractivity contribution is -0.137. The van der Waals surface area contributed by atoms with Crippen LogP contribution in [0.3, 0.4) is 0 Å². The first kappa shape index (κ1) is 18.6.